The predicted octanol–water partition coefficient (Wildman–Crippen LogP) is 0.840. The van der Waals surface area contributed by atoms with E-state index in [4.69, 9.17) is 0 Å². The molecule has 2 nitrogen and oxygen atoms in total. The van der Waals surface area contributed by atoms with Crippen molar-refractivity contribution in [1.29, 1.82) is 0 Å². The van der Waals surface area contributed by atoms with E-state index in [1.807, 2.05) is 26.1 Å². The second kappa shape index (κ2) is 4.97. The van der Waals surface area contributed by atoms with Crippen LogP contribution in [-0.2, 0) is 13.0 Å². The molecule has 13 heavy (non-hydrogen) atoms. The Morgan fingerprint density at radius 2 is 2.23 bits per heavy atom. The molecule has 72 valence electrons. The highest BCUT2D eigenvalue weighted by Gasteiger charge is 2.12. The maximum absolute atomic E-state index is 4.31. The molecule has 0 saturated heterocycles. The van der Waals surface area contributed by atoms with E-state index in [0.717, 1.165) is 19.5 Å². The summed E-state index contributed by atoms with van der Waals surface area (Å²) in [7, 11) is 3.99. The van der Waals surface area contributed by atoms with Crippen molar-refractivity contribution in [3.05, 3.63) is 36.6 Å². The van der Waals surface area contributed by atoms with E-state index in [9.17, 15) is 0 Å². The molecule has 0 aromatic carbocycles. The van der Waals surface area contributed by atoms with Crippen LogP contribution in [0.4, 0.5) is 0 Å². The maximum Gasteiger partial charge on any atom is 0.0806 e. The molecule has 1 aliphatic heterocycles. The van der Waals surface area contributed by atoms with E-state index in [-0.39, 0.29) is 0 Å². The molecular weight excluding hydrogens is 160 g/mol. The first kappa shape index (κ1) is 10.2. The summed E-state index contributed by atoms with van der Waals surface area (Å²) < 4.78 is 0. The standard InChI is InChI=1S/C9H12N2.C2H6/c1-11-6-4-9-8(7-11)3-2-5-10-9;1-2/h2-3,5,11H,1,4,6-7H2;1-2H3. The van der Waals surface area contributed by atoms with Gasteiger partial charge in [0.15, 0.2) is 0 Å². The Kier molecular flexibility index (Phi) is 3.90. The van der Waals surface area contributed by atoms with Gasteiger partial charge < -0.3 is 4.90 Å². The van der Waals surface area contributed by atoms with E-state index in [1.165, 1.54) is 16.2 Å². The van der Waals surface area contributed by atoms with Gasteiger partial charge in [0.05, 0.1) is 18.8 Å². The van der Waals surface area contributed by atoms with Crippen molar-refractivity contribution in [3.8, 4) is 0 Å². The lowest BCUT2D eigenvalue weighted by molar-refractivity contribution is -0.870. The molecular formula is C11H18N2. The van der Waals surface area contributed by atoms with Crippen molar-refractivity contribution in [2.45, 2.75) is 26.8 Å². The summed E-state index contributed by atoms with van der Waals surface area (Å²) in [6.45, 7) is 6.15. The zero-order valence-corrected chi connectivity index (χ0v) is 8.51. The molecule has 1 atom stereocenters. The molecule has 2 heteroatoms. The Morgan fingerprint density at radius 1 is 1.46 bits per heavy atom. The second-order valence-electron chi connectivity index (χ2n) is 3.04. The summed E-state index contributed by atoms with van der Waals surface area (Å²) in [5, 5.41) is 0. The largest absolute Gasteiger partial charge is 0.464 e. The van der Waals surface area contributed by atoms with Crippen molar-refractivity contribution < 1.29 is 4.90 Å². The molecule has 0 spiro atoms. The summed E-state index contributed by atoms with van der Waals surface area (Å²) in [4.78, 5) is 5.65. The van der Waals surface area contributed by atoms with Crippen molar-refractivity contribution in [1.82, 2.24) is 4.98 Å². The van der Waals surface area contributed by atoms with E-state index in [2.05, 4.69) is 18.1 Å². The molecule has 0 radical (unpaired) electrons. The van der Waals surface area contributed by atoms with Crippen LogP contribution in [0.15, 0.2) is 18.3 Å². The summed E-state index contributed by atoms with van der Waals surface area (Å²) in [5.41, 5.74) is 2.63. The molecule has 1 aliphatic rings. The molecule has 1 aromatic heterocycles. The number of aromatic nitrogens is 1. The van der Waals surface area contributed by atoms with Crippen molar-refractivity contribution in [3.63, 3.8) is 0 Å². The van der Waals surface area contributed by atoms with Gasteiger partial charge >= 0.3 is 0 Å². The van der Waals surface area contributed by atoms with Gasteiger partial charge in [-0.25, -0.2) is 0 Å². The van der Waals surface area contributed by atoms with Gasteiger partial charge in [0.2, 0.25) is 0 Å². The van der Waals surface area contributed by atoms with E-state index in [0.29, 0.717) is 0 Å². The molecule has 1 unspecified atom stereocenters. The number of quaternary nitrogens is 1. The average Bonchev–Trinajstić information content (AvgIpc) is 2.21. The molecule has 0 saturated carbocycles. The maximum atomic E-state index is 4.31. The number of hydrogen-bond acceptors (Lipinski definition) is 1. The molecule has 1 N–H and O–H groups in total. The lowest BCUT2D eigenvalue weighted by Crippen LogP contribution is -3.06. The average molecular weight is 178 g/mol. The topological polar surface area (TPSA) is 17.3 Å². The zero-order valence-electron chi connectivity index (χ0n) is 8.51. The number of pyridine rings is 1. The van der Waals surface area contributed by atoms with Crippen LogP contribution in [0.1, 0.15) is 25.1 Å². The van der Waals surface area contributed by atoms with Gasteiger partial charge in [0.25, 0.3) is 0 Å². The van der Waals surface area contributed by atoms with Gasteiger partial charge in [-0.3, -0.25) is 4.98 Å². The van der Waals surface area contributed by atoms with Crippen LogP contribution < -0.4 is 4.90 Å². The Balaban J connectivity index is 0.000000396. The minimum atomic E-state index is 1.03. The summed E-state index contributed by atoms with van der Waals surface area (Å²) >= 11 is 0. The fourth-order valence-electron chi connectivity index (χ4n) is 1.51. The lowest BCUT2D eigenvalue weighted by Gasteiger charge is -2.26. The normalized spacial score (nSPS) is 19.8. The first-order valence-corrected chi connectivity index (χ1v) is 4.95. The lowest BCUT2D eigenvalue weighted by atomic mass is 10.1. The number of rotatable bonds is 0. The second-order valence-corrected chi connectivity index (χ2v) is 3.04. The van der Waals surface area contributed by atoms with Gasteiger partial charge in [-0.15, -0.1) is 0 Å². The smallest absolute Gasteiger partial charge is 0.0806 e. The first-order valence-electron chi connectivity index (χ1n) is 4.95. The van der Waals surface area contributed by atoms with Crippen LogP contribution in [0.25, 0.3) is 0 Å². The third kappa shape index (κ3) is 2.52. The van der Waals surface area contributed by atoms with Crippen molar-refractivity contribution in [2.75, 3.05) is 6.54 Å². The molecule has 2 rings (SSSR count). The third-order valence-electron chi connectivity index (χ3n) is 2.14. The van der Waals surface area contributed by atoms with E-state index < -0.39 is 0 Å². The SMILES string of the molecule is CC.[CH2-][NH+]1CCc2ncccc2C1. The first-order chi connectivity index (χ1) is 6.36. The van der Waals surface area contributed by atoms with Crippen LogP contribution in [-0.4, -0.2) is 11.5 Å². The van der Waals surface area contributed by atoms with Gasteiger partial charge in [-0.2, -0.15) is 7.05 Å². The van der Waals surface area contributed by atoms with Gasteiger partial charge in [0.1, 0.15) is 0 Å². The highest BCUT2D eigenvalue weighted by molar-refractivity contribution is 5.19. The highest BCUT2D eigenvalue weighted by Crippen LogP contribution is 2.06. The Labute approximate surface area is 80.6 Å². The number of fused-ring (bicyclic) bond motifs is 1. The summed E-state index contributed by atoms with van der Waals surface area (Å²) in [6, 6.07) is 4.14. The Bertz CT molecular complexity index is 258. The fourth-order valence-corrected chi connectivity index (χ4v) is 1.51. The fraction of sp³-hybridized carbons (Fsp3) is 0.455. The van der Waals surface area contributed by atoms with Crippen LogP contribution in [0.2, 0.25) is 0 Å². The minimum absolute atomic E-state index is 1.03. The van der Waals surface area contributed by atoms with Crippen molar-refractivity contribution in [2.24, 2.45) is 0 Å². The van der Waals surface area contributed by atoms with E-state index in [1.54, 1.807) is 0 Å². The number of hydrogen-bond donors (Lipinski definition) is 1. The van der Waals surface area contributed by atoms with Crippen LogP contribution in [0, 0.1) is 7.05 Å². The molecule has 1 aromatic rings. The molecule has 0 aliphatic carbocycles. The van der Waals surface area contributed by atoms with Gasteiger partial charge in [-0.05, 0) is 6.07 Å². The zero-order chi connectivity index (χ0) is 9.68. The quantitative estimate of drug-likeness (QED) is 0.583. The number of nitrogens with one attached hydrogen (secondary N) is 1. The van der Waals surface area contributed by atoms with Crippen molar-refractivity contribution >= 4 is 0 Å². The van der Waals surface area contributed by atoms with E-state index >= 15 is 0 Å². The monoisotopic (exact) mass is 178 g/mol. The minimum Gasteiger partial charge on any atom is -0.464 e. The summed E-state index contributed by atoms with van der Waals surface area (Å²) in [5.74, 6) is 0. The van der Waals surface area contributed by atoms with Gasteiger partial charge in [-0.1, -0.05) is 19.9 Å². The Morgan fingerprint density at radius 3 is 3.00 bits per heavy atom. The molecule has 0 bridgehead atoms. The number of nitrogens with zero attached hydrogens (tertiary/aromatic N) is 1. The Hall–Kier alpha value is -0.890. The molecule has 0 amide bonds. The predicted molar refractivity (Wildman–Crippen MR) is 54.2 cm³/mol. The summed E-state index contributed by atoms with van der Waals surface area (Å²) in [6.07, 6.45) is 2.95. The molecule has 2 heterocycles. The highest BCUT2D eigenvalue weighted by atomic mass is 15.1. The van der Waals surface area contributed by atoms with Crippen LogP contribution in [0.5, 0.6) is 0 Å². The molecule has 0 fully saturated rings. The van der Waals surface area contributed by atoms with Crippen LogP contribution in [0.3, 0.4) is 0 Å². The van der Waals surface area contributed by atoms with Gasteiger partial charge in [0, 0.05) is 18.2 Å². The van der Waals surface area contributed by atoms with Crippen LogP contribution >= 0.6 is 0 Å². The third-order valence-corrected chi connectivity index (χ3v) is 2.14.